The number of carbonyl (C=O) groups excluding carboxylic acids is 2. The number of nitrogens with zero attached hydrogens (tertiary/aromatic N) is 1. The minimum Gasteiger partial charge on any atom is -0.398 e. The summed E-state index contributed by atoms with van der Waals surface area (Å²) in [5.74, 6) is 0.418. The molecule has 0 atom stereocenters. The molecule has 2 amide bonds. The third kappa shape index (κ3) is 3.71. The van der Waals surface area contributed by atoms with Crippen molar-refractivity contribution in [3.05, 3.63) is 29.8 Å². The number of para-hydroxylation sites is 1. The Kier molecular flexibility index (Phi) is 5.29. The highest BCUT2D eigenvalue weighted by atomic mass is 35.5. The summed E-state index contributed by atoms with van der Waals surface area (Å²) in [5, 5.41) is 3.09. The lowest BCUT2D eigenvalue weighted by Gasteiger charge is -2.32. The minimum atomic E-state index is -0.0138. The molecule has 1 heterocycles. The molecule has 1 aromatic carbocycles. The molecule has 120 valence electrons. The van der Waals surface area contributed by atoms with E-state index in [9.17, 15) is 9.59 Å². The Morgan fingerprint density at radius 3 is 2.32 bits per heavy atom. The summed E-state index contributed by atoms with van der Waals surface area (Å²) in [4.78, 5) is 26.0. The highest BCUT2D eigenvalue weighted by Gasteiger charge is 2.32. The number of amides is 2. The maximum atomic E-state index is 12.4. The van der Waals surface area contributed by atoms with Crippen molar-refractivity contribution in [1.29, 1.82) is 0 Å². The molecule has 2 fully saturated rings. The highest BCUT2D eigenvalue weighted by Crippen LogP contribution is 2.29. The summed E-state index contributed by atoms with van der Waals surface area (Å²) in [5.41, 5.74) is 6.94. The van der Waals surface area contributed by atoms with Crippen molar-refractivity contribution in [2.45, 2.75) is 31.7 Å². The van der Waals surface area contributed by atoms with Crippen LogP contribution in [0, 0.1) is 5.92 Å². The van der Waals surface area contributed by atoms with Crippen LogP contribution in [0.3, 0.4) is 0 Å². The summed E-state index contributed by atoms with van der Waals surface area (Å²) in [7, 11) is 0. The van der Waals surface area contributed by atoms with Gasteiger partial charge in [-0.1, -0.05) is 12.1 Å². The summed E-state index contributed by atoms with van der Waals surface area (Å²) < 4.78 is 0. The number of piperidine rings is 1. The van der Waals surface area contributed by atoms with E-state index in [4.69, 9.17) is 5.73 Å². The van der Waals surface area contributed by atoms with Crippen LogP contribution in [-0.2, 0) is 4.79 Å². The van der Waals surface area contributed by atoms with E-state index in [2.05, 4.69) is 5.32 Å². The van der Waals surface area contributed by atoms with Gasteiger partial charge in [-0.25, -0.2) is 0 Å². The second-order valence-corrected chi connectivity index (χ2v) is 5.94. The molecule has 2 aliphatic rings. The number of benzene rings is 1. The quantitative estimate of drug-likeness (QED) is 0.833. The second kappa shape index (κ2) is 7.01. The fourth-order valence-electron chi connectivity index (χ4n) is 2.75. The predicted molar refractivity (Wildman–Crippen MR) is 87.9 cm³/mol. The first kappa shape index (κ1) is 16.6. The fourth-order valence-corrected chi connectivity index (χ4v) is 2.75. The first-order valence-electron chi connectivity index (χ1n) is 7.59. The van der Waals surface area contributed by atoms with E-state index in [1.165, 1.54) is 0 Å². The normalized spacial score (nSPS) is 18.5. The van der Waals surface area contributed by atoms with Crippen LogP contribution in [0.5, 0.6) is 0 Å². The number of halogens is 1. The Morgan fingerprint density at radius 1 is 1.09 bits per heavy atom. The number of carbonyl (C=O) groups is 2. The van der Waals surface area contributed by atoms with Crippen molar-refractivity contribution in [2.24, 2.45) is 5.92 Å². The van der Waals surface area contributed by atoms with E-state index in [0.29, 0.717) is 24.3 Å². The van der Waals surface area contributed by atoms with E-state index >= 15 is 0 Å². The van der Waals surface area contributed by atoms with E-state index in [0.717, 1.165) is 25.7 Å². The van der Waals surface area contributed by atoms with Crippen molar-refractivity contribution in [3.8, 4) is 0 Å². The van der Waals surface area contributed by atoms with Crippen molar-refractivity contribution >= 4 is 29.9 Å². The lowest BCUT2D eigenvalue weighted by atomic mass is 10.0. The van der Waals surface area contributed by atoms with Gasteiger partial charge in [-0.3, -0.25) is 9.59 Å². The average molecular weight is 324 g/mol. The maximum absolute atomic E-state index is 12.4. The zero-order valence-corrected chi connectivity index (χ0v) is 13.3. The van der Waals surface area contributed by atoms with Crippen LogP contribution in [0.4, 0.5) is 5.69 Å². The third-order valence-corrected chi connectivity index (χ3v) is 4.27. The van der Waals surface area contributed by atoms with E-state index in [1.54, 1.807) is 12.1 Å². The van der Waals surface area contributed by atoms with Gasteiger partial charge >= 0.3 is 0 Å². The molecule has 6 heteroatoms. The number of nitrogen functional groups attached to an aromatic ring is 1. The fraction of sp³-hybridized carbons (Fsp3) is 0.500. The predicted octanol–water partition coefficient (Wildman–Crippen LogP) is 1.82. The first-order chi connectivity index (χ1) is 10.1. The number of likely N-dealkylation sites (tertiary alicyclic amines) is 1. The molecule has 0 aromatic heterocycles. The van der Waals surface area contributed by atoms with Crippen LogP contribution in [0.15, 0.2) is 24.3 Å². The Morgan fingerprint density at radius 2 is 1.73 bits per heavy atom. The molecule has 3 rings (SSSR count). The van der Waals surface area contributed by atoms with Gasteiger partial charge in [0.1, 0.15) is 0 Å². The molecule has 1 aromatic rings. The van der Waals surface area contributed by atoms with Gasteiger partial charge in [-0.15, -0.1) is 12.4 Å². The van der Waals surface area contributed by atoms with Crippen LogP contribution in [0.25, 0.3) is 0 Å². The van der Waals surface area contributed by atoms with Crippen LogP contribution in [0.2, 0.25) is 0 Å². The Hall–Kier alpha value is -1.75. The SMILES string of the molecule is Cl.Nc1ccccc1C(=O)N1CCC(NC(=O)C2CC2)CC1. The monoisotopic (exact) mass is 323 g/mol. The number of nitrogens with two attached hydrogens (primary N) is 1. The standard InChI is InChI=1S/C16H21N3O2.ClH/c17-14-4-2-1-3-13(14)16(21)19-9-7-12(8-10-19)18-15(20)11-5-6-11;/h1-4,11-12H,5-10,17H2,(H,18,20);1H. The number of hydrogen-bond donors (Lipinski definition) is 2. The molecule has 5 nitrogen and oxygen atoms in total. The molecule has 22 heavy (non-hydrogen) atoms. The summed E-state index contributed by atoms with van der Waals surface area (Å²) in [6.07, 6.45) is 3.68. The van der Waals surface area contributed by atoms with Crippen molar-refractivity contribution in [1.82, 2.24) is 10.2 Å². The molecule has 0 spiro atoms. The number of hydrogen-bond acceptors (Lipinski definition) is 3. The second-order valence-electron chi connectivity index (χ2n) is 5.94. The van der Waals surface area contributed by atoms with Gasteiger partial charge in [0.25, 0.3) is 5.91 Å². The van der Waals surface area contributed by atoms with Gasteiger partial charge in [-0.2, -0.15) is 0 Å². The van der Waals surface area contributed by atoms with E-state index < -0.39 is 0 Å². The van der Waals surface area contributed by atoms with Crippen LogP contribution < -0.4 is 11.1 Å². The van der Waals surface area contributed by atoms with Gasteiger partial charge in [0, 0.05) is 30.7 Å². The largest absolute Gasteiger partial charge is 0.398 e. The van der Waals surface area contributed by atoms with Crippen molar-refractivity contribution in [2.75, 3.05) is 18.8 Å². The summed E-state index contributed by atoms with van der Waals surface area (Å²) in [6.45, 7) is 1.34. The number of nitrogens with one attached hydrogen (secondary N) is 1. The van der Waals surface area contributed by atoms with Crippen LogP contribution >= 0.6 is 12.4 Å². The van der Waals surface area contributed by atoms with Crippen LogP contribution in [0.1, 0.15) is 36.0 Å². The molecule has 1 aliphatic heterocycles. The molecule has 0 unspecified atom stereocenters. The maximum Gasteiger partial charge on any atom is 0.255 e. The van der Waals surface area contributed by atoms with Gasteiger partial charge in [-0.05, 0) is 37.8 Å². The zero-order chi connectivity index (χ0) is 14.8. The molecule has 1 saturated heterocycles. The Labute approximate surface area is 136 Å². The lowest BCUT2D eigenvalue weighted by Crippen LogP contribution is -2.47. The molecule has 0 radical (unpaired) electrons. The van der Waals surface area contributed by atoms with Gasteiger partial charge < -0.3 is 16.0 Å². The van der Waals surface area contributed by atoms with E-state index in [1.807, 2.05) is 17.0 Å². The van der Waals surface area contributed by atoms with Crippen molar-refractivity contribution in [3.63, 3.8) is 0 Å². The number of rotatable bonds is 3. The summed E-state index contributed by atoms with van der Waals surface area (Å²) in [6, 6.07) is 7.36. The average Bonchev–Trinajstić information content (AvgIpc) is 3.32. The minimum absolute atomic E-state index is 0. The Bertz CT molecular complexity index is 552. The Balaban J connectivity index is 0.00000176. The highest BCUT2D eigenvalue weighted by molar-refractivity contribution is 5.99. The van der Waals surface area contributed by atoms with Crippen LogP contribution in [-0.4, -0.2) is 35.8 Å². The molecule has 0 bridgehead atoms. The third-order valence-electron chi connectivity index (χ3n) is 4.27. The molecular weight excluding hydrogens is 302 g/mol. The first-order valence-corrected chi connectivity index (χ1v) is 7.59. The van der Waals surface area contributed by atoms with Gasteiger partial charge in [0.15, 0.2) is 0 Å². The summed E-state index contributed by atoms with van der Waals surface area (Å²) >= 11 is 0. The molecular formula is C16H22ClN3O2. The molecule has 1 aliphatic carbocycles. The molecule has 1 saturated carbocycles. The topological polar surface area (TPSA) is 75.4 Å². The molecule has 3 N–H and O–H groups in total. The lowest BCUT2D eigenvalue weighted by molar-refractivity contribution is -0.123. The van der Waals surface area contributed by atoms with E-state index in [-0.39, 0.29) is 36.2 Å². The zero-order valence-electron chi connectivity index (χ0n) is 12.5. The van der Waals surface area contributed by atoms with Gasteiger partial charge in [0.2, 0.25) is 5.91 Å². The van der Waals surface area contributed by atoms with Gasteiger partial charge in [0.05, 0.1) is 5.56 Å². The smallest absolute Gasteiger partial charge is 0.255 e. The number of anilines is 1. The van der Waals surface area contributed by atoms with Crippen molar-refractivity contribution < 1.29 is 9.59 Å².